The van der Waals surface area contributed by atoms with Crippen LogP contribution in [0.5, 0.6) is 5.75 Å². The van der Waals surface area contributed by atoms with Gasteiger partial charge in [0.15, 0.2) is 0 Å². The number of rotatable bonds is 8. The first-order chi connectivity index (χ1) is 14.3. The van der Waals surface area contributed by atoms with Crippen LogP contribution in [0.1, 0.15) is 29.8 Å². The van der Waals surface area contributed by atoms with E-state index in [0.29, 0.717) is 5.75 Å². The number of benzene rings is 2. The smallest absolute Gasteiger partial charge is 0.342 e. The minimum Gasteiger partial charge on any atom is -0.488 e. The van der Waals surface area contributed by atoms with Gasteiger partial charge in [-0.05, 0) is 31.5 Å². The predicted octanol–water partition coefficient (Wildman–Crippen LogP) is 2.11. The average Bonchev–Trinajstić information content (AvgIpc) is 2.93. The van der Waals surface area contributed by atoms with E-state index >= 15 is 0 Å². The zero-order valence-corrected chi connectivity index (χ0v) is 16.8. The Labute approximate surface area is 174 Å². The Morgan fingerprint density at radius 1 is 1.10 bits per heavy atom. The maximum atomic E-state index is 12.5. The molecule has 1 saturated heterocycles. The molecule has 2 aromatic carbocycles. The molecule has 0 bridgehead atoms. The largest absolute Gasteiger partial charge is 0.488 e. The van der Waals surface area contributed by atoms with Crippen LogP contribution in [0, 0.1) is 0 Å². The molecule has 8 heteroatoms. The maximum absolute atomic E-state index is 12.5. The Morgan fingerprint density at radius 3 is 2.43 bits per heavy atom. The number of amides is 3. The van der Waals surface area contributed by atoms with E-state index in [0.717, 1.165) is 10.5 Å². The van der Waals surface area contributed by atoms with Crippen LogP contribution in [0.25, 0.3) is 0 Å². The molecule has 3 rings (SSSR count). The standard InChI is InChI=1S/C22H24N2O6/c1-22(2)20(27)24(21(28)23-22)12-16(25)14-30-19(26)17-10-6-7-11-18(17)29-13-15-8-4-3-5-9-15/h3-11,16,25H,12-14H2,1-2H3,(H,23,28). The molecule has 0 saturated carbocycles. The van der Waals surface area contributed by atoms with Gasteiger partial charge in [0.05, 0.1) is 6.54 Å². The van der Waals surface area contributed by atoms with Crippen molar-refractivity contribution in [2.75, 3.05) is 13.2 Å². The van der Waals surface area contributed by atoms with E-state index in [9.17, 15) is 19.5 Å². The lowest BCUT2D eigenvalue weighted by atomic mass is 10.1. The van der Waals surface area contributed by atoms with Crippen molar-refractivity contribution in [2.45, 2.75) is 32.1 Å². The molecule has 1 atom stereocenters. The highest BCUT2D eigenvalue weighted by Gasteiger charge is 2.44. The predicted molar refractivity (Wildman–Crippen MR) is 108 cm³/mol. The molecule has 0 aromatic heterocycles. The van der Waals surface area contributed by atoms with E-state index in [1.165, 1.54) is 0 Å². The second-order valence-corrected chi connectivity index (χ2v) is 7.49. The number of urea groups is 1. The number of hydrogen-bond acceptors (Lipinski definition) is 6. The van der Waals surface area contributed by atoms with Crippen molar-refractivity contribution in [3.8, 4) is 5.75 Å². The monoisotopic (exact) mass is 412 g/mol. The zero-order valence-electron chi connectivity index (χ0n) is 16.8. The minimum atomic E-state index is -1.21. The summed E-state index contributed by atoms with van der Waals surface area (Å²) in [5, 5.41) is 12.7. The van der Waals surface area contributed by atoms with Gasteiger partial charge in [-0.2, -0.15) is 0 Å². The van der Waals surface area contributed by atoms with Crippen LogP contribution in [0.3, 0.4) is 0 Å². The summed E-state index contributed by atoms with van der Waals surface area (Å²) in [7, 11) is 0. The zero-order chi connectivity index (χ0) is 21.7. The molecule has 0 aliphatic carbocycles. The van der Waals surface area contributed by atoms with Crippen LogP contribution in [0.4, 0.5) is 4.79 Å². The molecule has 1 fully saturated rings. The van der Waals surface area contributed by atoms with E-state index in [-0.39, 0.29) is 25.3 Å². The second kappa shape index (κ2) is 8.96. The lowest BCUT2D eigenvalue weighted by molar-refractivity contribution is -0.131. The van der Waals surface area contributed by atoms with Crippen LogP contribution in [0.2, 0.25) is 0 Å². The van der Waals surface area contributed by atoms with Gasteiger partial charge in [0, 0.05) is 0 Å². The fourth-order valence-electron chi connectivity index (χ4n) is 2.99. The maximum Gasteiger partial charge on any atom is 0.342 e. The molecule has 1 unspecified atom stereocenters. The van der Waals surface area contributed by atoms with E-state index < -0.39 is 29.6 Å². The molecule has 2 N–H and O–H groups in total. The normalized spacial score (nSPS) is 16.2. The summed E-state index contributed by atoms with van der Waals surface area (Å²) in [4.78, 5) is 37.5. The highest BCUT2D eigenvalue weighted by molar-refractivity contribution is 6.06. The summed E-state index contributed by atoms with van der Waals surface area (Å²) in [6.07, 6.45) is -1.21. The first-order valence-corrected chi connectivity index (χ1v) is 9.53. The van der Waals surface area contributed by atoms with E-state index in [1.54, 1.807) is 38.1 Å². The number of nitrogens with one attached hydrogen (secondary N) is 1. The Morgan fingerprint density at radius 2 is 1.77 bits per heavy atom. The van der Waals surface area contributed by atoms with Crippen molar-refractivity contribution in [1.29, 1.82) is 0 Å². The Hall–Kier alpha value is -3.39. The van der Waals surface area contributed by atoms with E-state index in [2.05, 4.69) is 5.32 Å². The van der Waals surface area contributed by atoms with Gasteiger partial charge in [0.25, 0.3) is 5.91 Å². The summed E-state index contributed by atoms with van der Waals surface area (Å²) >= 11 is 0. The van der Waals surface area contributed by atoms with Gasteiger partial charge >= 0.3 is 12.0 Å². The van der Waals surface area contributed by atoms with Gasteiger partial charge in [-0.3, -0.25) is 9.69 Å². The summed E-state index contributed by atoms with van der Waals surface area (Å²) < 4.78 is 10.9. The molecule has 1 aliphatic heterocycles. The van der Waals surface area contributed by atoms with E-state index in [1.807, 2.05) is 30.3 Å². The minimum absolute atomic E-state index is 0.219. The SMILES string of the molecule is CC1(C)NC(=O)N(CC(O)COC(=O)c2ccccc2OCc2ccccc2)C1=O. The topological polar surface area (TPSA) is 105 Å². The van der Waals surface area contributed by atoms with Crippen LogP contribution in [-0.2, 0) is 16.1 Å². The van der Waals surface area contributed by atoms with Crippen LogP contribution in [0.15, 0.2) is 54.6 Å². The van der Waals surface area contributed by atoms with Gasteiger partial charge in [0.2, 0.25) is 0 Å². The number of ether oxygens (including phenoxy) is 2. The highest BCUT2D eigenvalue weighted by atomic mass is 16.5. The van der Waals surface area contributed by atoms with Gasteiger partial charge < -0.3 is 19.9 Å². The quantitative estimate of drug-likeness (QED) is 0.508. The van der Waals surface area contributed by atoms with Crippen molar-refractivity contribution in [3.05, 3.63) is 65.7 Å². The molecule has 2 aromatic rings. The number of para-hydroxylation sites is 1. The van der Waals surface area contributed by atoms with Crippen LogP contribution < -0.4 is 10.1 Å². The molecule has 3 amide bonds. The Balaban J connectivity index is 1.56. The summed E-state index contributed by atoms with van der Waals surface area (Å²) in [6, 6.07) is 15.6. The van der Waals surface area contributed by atoms with Crippen LogP contribution in [-0.4, -0.2) is 52.7 Å². The summed E-state index contributed by atoms with van der Waals surface area (Å²) in [5.74, 6) is -0.760. The lowest BCUT2D eigenvalue weighted by Gasteiger charge is -2.19. The van der Waals surface area contributed by atoms with E-state index in [4.69, 9.17) is 9.47 Å². The average molecular weight is 412 g/mol. The number of nitrogens with zero attached hydrogens (tertiary/aromatic N) is 1. The fourth-order valence-corrected chi connectivity index (χ4v) is 2.99. The fraction of sp³-hybridized carbons (Fsp3) is 0.318. The third-order valence-electron chi connectivity index (χ3n) is 4.59. The molecular weight excluding hydrogens is 388 g/mol. The number of aliphatic hydroxyl groups excluding tert-OH is 1. The summed E-state index contributed by atoms with van der Waals surface area (Å²) in [5.41, 5.74) is 0.145. The number of esters is 1. The second-order valence-electron chi connectivity index (χ2n) is 7.49. The highest BCUT2D eigenvalue weighted by Crippen LogP contribution is 2.21. The van der Waals surface area contributed by atoms with Gasteiger partial charge in [-0.15, -0.1) is 0 Å². The number of carbonyl (C=O) groups is 3. The molecule has 1 aliphatic rings. The molecule has 0 spiro atoms. The third kappa shape index (κ3) is 4.96. The van der Waals surface area contributed by atoms with Gasteiger partial charge in [0.1, 0.15) is 36.2 Å². The molecule has 30 heavy (non-hydrogen) atoms. The number of hydrogen-bond donors (Lipinski definition) is 2. The van der Waals surface area contributed by atoms with Crippen molar-refractivity contribution >= 4 is 17.9 Å². The van der Waals surface area contributed by atoms with Crippen molar-refractivity contribution in [1.82, 2.24) is 10.2 Å². The van der Waals surface area contributed by atoms with Crippen molar-refractivity contribution < 1.29 is 29.0 Å². The number of aliphatic hydroxyl groups is 1. The first-order valence-electron chi connectivity index (χ1n) is 9.53. The molecule has 1 heterocycles. The lowest BCUT2D eigenvalue weighted by Crippen LogP contribution is -2.42. The van der Waals surface area contributed by atoms with Crippen molar-refractivity contribution in [3.63, 3.8) is 0 Å². The van der Waals surface area contributed by atoms with Gasteiger partial charge in [-0.25, -0.2) is 9.59 Å². The first kappa shape index (κ1) is 21.3. The third-order valence-corrected chi connectivity index (χ3v) is 4.59. The summed E-state index contributed by atoms with van der Waals surface area (Å²) in [6.45, 7) is 2.80. The Kier molecular flexibility index (Phi) is 6.37. The number of imide groups is 1. The van der Waals surface area contributed by atoms with Gasteiger partial charge in [-0.1, -0.05) is 42.5 Å². The molecule has 0 radical (unpaired) electrons. The van der Waals surface area contributed by atoms with Crippen LogP contribution >= 0.6 is 0 Å². The Bertz CT molecular complexity index is 928. The molecule has 158 valence electrons. The molecular formula is C22H24N2O6. The molecule has 8 nitrogen and oxygen atoms in total. The number of β-amino-alcohol motifs (C(OH)–C–C–N with tert-alkyl or cyclic N) is 1. The van der Waals surface area contributed by atoms with Crippen molar-refractivity contribution in [2.24, 2.45) is 0 Å². The number of carbonyl (C=O) groups excluding carboxylic acids is 3.